The van der Waals surface area contributed by atoms with E-state index in [1.165, 1.54) is 84.0 Å². The summed E-state index contributed by atoms with van der Waals surface area (Å²) in [4.78, 5) is 0. The molecule has 0 bridgehead atoms. The maximum absolute atomic E-state index is 6.30. The molecule has 246 valence electrons. The van der Waals surface area contributed by atoms with Crippen LogP contribution in [0.2, 0.25) is 0 Å². The second-order valence-corrected chi connectivity index (χ2v) is 16.0. The highest BCUT2D eigenvalue weighted by Crippen LogP contribution is 2.49. The summed E-state index contributed by atoms with van der Waals surface area (Å²) in [6.07, 6.45) is 2.36. The second-order valence-electron chi connectivity index (χ2n) is 16.0. The average molecular weight is 659 g/mol. The number of hydrogen-bond donors (Lipinski definition) is 0. The molecule has 51 heavy (non-hydrogen) atoms. The quantitative estimate of drug-likeness (QED) is 0.181. The number of rotatable bonds is 2. The van der Waals surface area contributed by atoms with Crippen LogP contribution in [-0.4, -0.2) is 9.13 Å². The Bertz CT molecular complexity index is 3080. The van der Waals surface area contributed by atoms with Gasteiger partial charge in [0.25, 0.3) is 0 Å². The van der Waals surface area contributed by atoms with Crippen molar-refractivity contribution in [2.24, 2.45) is 0 Å². The van der Waals surface area contributed by atoms with Crippen LogP contribution in [0.5, 0.6) is 0 Å². The molecule has 11 rings (SSSR count). The lowest BCUT2D eigenvalue weighted by molar-refractivity contribution is 0.332. The van der Waals surface area contributed by atoms with Gasteiger partial charge in [-0.2, -0.15) is 0 Å². The van der Waals surface area contributed by atoms with Crippen molar-refractivity contribution in [1.82, 2.24) is 9.13 Å². The molecule has 0 unspecified atom stereocenters. The Morgan fingerprint density at radius 1 is 0.431 bits per heavy atom. The summed E-state index contributed by atoms with van der Waals surface area (Å²) in [6, 6.07) is 49.4. The van der Waals surface area contributed by atoms with Gasteiger partial charge in [-0.15, -0.1) is 0 Å². The van der Waals surface area contributed by atoms with Gasteiger partial charge < -0.3 is 13.6 Å². The van der Waals surface area contributed by atoms with Crippen molar-refractivity contribution in [2.75, 3.05) is 0 Å². The Labute approximate surface area is 296 Å². The number of benzene rings is 7. The normalized spacial score (nSPS) is 15.6. The Hall–Kier alpha value is -5.80. The summed E-state index contributed by atoms with van der Waals surface area (Å²) >= 11 is 0. The first kappa shape index (κ1) is 29.0. The number of furan rings is 1. The van der Waals surface area contributed by atoms with Crippen LogP contribution in [-0.2, 0) is 10.8 Å². The number of hydrogen-bond acceptors (Lipinski definition) is 1. The van der Waals surface area contributed by atoms with E-state index in [4.69, 9.17) is 4.42 Å². The summed E-state index contributed by atoms with van der Waals surface area (Å²) < 4.78 is 11.3. The molecule has 3 nitrogen and oxygen atoms in total. The lowest BCUT2D eigenvalue weighted by Crippen LogP contribution is -2.33. The predicted molar refractivity (Wildman–Crippen MR) is 215 cm³/mol. The highest BCUT2D eigenvalue weighted by atomic mass is 16.3. The van der Waals surface area contributed by atoms with Gasteiger partial charge in [0.1, 0.15) is 11.2 Å². The molecule has 0 fully saturated rings. The van der Waals surface area contributed by atoms with Gasteiger partial charge in [0, 0.05) is 43.7 Å². The highest BCUT2D eigenvalue weighted by Gasteiger charge is 2.38. The van der Waals surface area contributed by atoms with Crippen LogP contribution < -0.4 is 0 Å². The van der Waals surface area contributed by atoms with Gasteiger partial charge in [-0.25, -0.2) is 0 Å². The molecule has 1 aliphatic carbocycles. The maximum atomic E-state index is 6.30. The third-order valence-corrected chi connectivity index (χ3v) is 12.1. The maximum Gasteiger partial charge on any atom is 0.135 e. The van der Waals surface area contributed by atoms with Gasteiger partial charge in [0.05, 0.1) is 22.1 Å². The second kappa shape index (κ2) is 9.92. The minimum absolute atomic E-state index is 0.0920. The van der Waals surface area contributed by atoms with Gasteiger partial charge in [0.15, 0.2) is 0 Å². The number of nitrogens with zero attached hydrogens (tertiary/aromatic N) is 2. The summed E-state index contributed by atoms with van der Waals surface area (Å²) in [5.41, 5.74) is 12.3. The first-order valence-corrected chi connectivity index (χ1v) is 18.2. The highest BCUT2D eigenvalue weighted by molar-refractivity contribution is 6.25. The zero-order chi connectivity index (χ0) is 34.2. The molecule has 7 aromatic carbocycles. The molecule has 0 amide bonds. The lowest BCUT2D eigenvalue weighted by Gasteiger charge is -2.42. The first-order chi connectivity index (χ1) is 24.8. The van der Waals surface area contributed by atoms with E-state index < -0.39 is 0 Å². The Kier molecular flexibility index (Phi) is 5.64. The molecule has 0 radical (unpaired) electrons. The molecule has 3 aromatic heterocycles. The van der Waals surface area contributed by atoms with Gasteiger partial charge in [0.2, 0.25) is 0 Å². The Balaban J connectivity index is 1.34. The van der Waals surface area contributed by atoms with Crippen LogP contribution in [0.15, 0.2) is 138 Å². The Morgan fingerprint density at radius 3 is 1.86 bits per heavy atom. The van der Waals surface area contributed by atoms with Gasteiger partial charge in [-0.05, 0) is 112 Å². The smallest absolute Gasteiger partial charge is 0.135 e. The third-order valence-electron chi connectivity index (χ3n) is 12.1. The van der Waals surface area contributed by atoms with Crippen LogP contribution in [0.25, 0.3) is 87.7 Å². The largest absolute Gasteiger partial charge is 0.456 e. The molecule has 0 N–H and O–H groups in total. The van der Waals surface area contributed by atoms with E-state index in [1.807, 2.05) is 6.07 Å². The van der Waals surface area contributed by atoms with E-state index in [0.717, 1.165) is 27.6 Å². The van der Waals surface area contributed by atoms with Crippen molar-refractivity contribution in [1.29, 1.82) is 0 Å². The van der Waals surface area contributed by atoms with Crippen LogP contribution in [0.4, 0.5) is 0 Å². The summed E-state index contributed by atoms with van der Waals surface area (Å²) in [6.45, 7) is 9.72. The van der Waals surface area contributed by atoms with Crippen LogP contribution in [0.1, 0.15) is 51.7 Å². The standard InChI is InChI=1S/C48H38N2O/c1-47(2)22-23-48(3,4)39-28-43-34(25-38(39)47)35-26-42-37(27-41(35)50(43)31-19-21-45-36(24-31)33-16-10-11-17-44(33)51-45)46-32-15-9-8-12-29(32)18-20-40(46)49(42)30-13-6-5-7-14-30/h5-21,24-28H,22-23H2,1-4H3. The van der Waals surface area contributed by atoms with E-state index in [2.05, 4.69) is 164 Å². The van der Waals surface area contributed by atoms with Crippen molar-refractivity contribution < 1.29 is 4.42 Å². The number of aromatic nitrogens is 2. The topological polar surface area (TPSA) is 23.0 Å². The molecular weight excluding hydrogens is 621 g/mol. The average Bonchev–Trinajstić information content (AvgIpc) is 3.79. The summed E-state index contributed by atoms with van der Waals surface area (Å²) in [5.74, 6) is 0. The minimum atomic E-state index is 0.0920. The van der Waals surface area contributed by atoms with Crippen molar-refractivity contribution >= 4 is 76.3 Å². The predicted octanol–water partition coefficient (Wildman–Crippen LogP) is 13.3. The van der Waals surface area contributed by atoms with Crippen molar-refractivity contribution in [2.45, 2.75) is 51.4 Å². The van der Waals surface area contributed by atoms with Crippen molar-refractivity contribution in [3.63, 3.8) is 0 Å². The molecule has 0 saturated heterocycles. The molecule has 10 aromatic rings. The van der Waals surface area contributed by atoms with E-state index in [0.29, 0.717) is 0 Å². The van der Waals surface area contributed by atoms with Crippen LogP contribution >= 0.6 is 0 Å². The minimum Gasteiger partial charge on any atom is -0.456 e. The number of fused-ring (bicyclic) bond motifs is 12. The molecule has 3 heteroatoms. The zero-order valence-corrected chi connectivity index (χ0v) is 29.4. The first-order valence-electron chi connectivity index (χ1n) is 18.2. The molecule has 0 atom stereocenters. The summed E-state index contributed by atoms with van der Waals surface area (Å²) in [7, 11) is 0. The molecule has 0 aliphatic heterocycles. The summed E-state index contributed by atoms with van der Waals surface area (Å²) in [5, 5.41) is 9.98. The van der Waals surface area contributed by atoms with Gasteiger partial charge >= 0.3 is 0 Å². The van der Waals surface area contributed by atoms with E-state index in [9.17, 15) is 0 Å². The van der Waals surface area contributed by atoms with E-state index in [-0.39, 0.29) is 10.8 Å². The SMILES string of the molecule is CC1(C)CCC(C)(C)c2cc3c(cc21)c1cc2c(cc1n3-c1ccc3oc4ccccc4c3c1)c1c3ccccc3ccc1n2-c1ccccc1. The van der Waals surface area contributed by atoms with Crippen LogP contribution in [0, 0.1) is 0 Å². The van der Waals surface area contributed by atoms with E-state index in [1.54, 1.807) is 0 Å². The van der Waals surface area contributed by atoms with Crippen molar-refractivity contribution in [3.05, 3.63) is 145 Å². The molecule has 3 heterocycles. The van der Waals surface area contributed by atoms with Crippen LogP contribution in [0.3, 0.4) is 0 Å². The zero-order valence-electron chi connectivity index (χ0n) is 29.4. The fraction of sp³-hybridized carbons (Fsp3) is 0.167. The van der Waals surface area contributed by atoms with Gasteiger partial charge in [-0.1, -0.05) is 94.4 Å². The third kappa shape index (κ3) is 3.95. The number of para-hydroxylation sites is 2. The fourth-order valence-electron chi connectivity index (χ4n) is 9.34. The Morgan fingerprint density at radius 2 is 1.04 bits per heavy atom. The molecular formula is C48H38N2O. The van der Waals surface area contributed by atoms with E-state index >= 15 is 0 Å². The lowest BCUT2D eigenvalue weighted by atomic mass is 9.63. The molecule has 0 spiro atoms. The van der Waals surface area contributed by atoms with Crippen molar-refractivity contribution in [3.8, 4) is 11.4 Å². The molecule has 0 saturated carbocycles. The van der Waals surface area contributed by atoms with Gasteiger partial charge in [-0.3, -0.25) is 0 Å². The monoisotopic (exact) mass is 658 g/mol. The molecule has 1 aliphatic rings. The fourth-order valence-corrected chi connectivity index (χ4v) is 9.34.